The zero-order chi connectivity index (χ0) is 15.6. The minimum Gasteiger partial charge on any atom is -0.493 e. The molecule has 0 aromatic heterocycles. The molecule has 2 aromatic rings. The third kappa shape index (κ3) is 3.55. The smallest absolute Gasteiger partial charge is 0.161 e. The van der Waals surface area contributed by atoms with Gasteiger partial charge in [0.1, 0.15) is 0 Å². The number of methoxy groups -OCH3 is 2. The standard InChI is InChI=1S/C16H15Br2ClO2/c1-9-4-5-10(19)6-11(9)16(18)12-7-14(20-2)15(21-3)8-13(12)17/h4-8,16H,1-3H3. The highest BCUT2D eigenvalue weighted by Gasteiger charge is 2.19. The molecule has 5 heteroatoms. The second-order valence-corrected chi connectivity index (χ2v) is 6.80. The van der Waals surface area contributed by atoms with Crippen LogP contribution < -0.4 is 9.47 Å². The Morgan fingerprint density at radius 1 is 1.00 bits per heavy atom. The van der Waals surface area contributed by atoms with Crippen LogP contribution in [0.25, 0.3) is 0 Å². The van der Waals surface area contributed by atoms with Gasteiger partial charge < -0.3 is 9.47 Å². The van der Waals surface area contributed by atoms with Crippen LogP contribution in [0.1, 0.15) is 21.5 Å². The minimum atomic E-state index is 0.00498. The number of hydrogen-bond donors (Lipinski definition) is 0. The highest BCUT2D eigenvalue weighted by atomic mass is 79.9. The summed E-state index contributed by atoms with van der Waals surface area (Å²) in [5, 5.41) is 0.719. The van der Waals surface area contributed by atoms with E-state index in [1.807, 2.05) is 30.3 Å². The van der Waals surface area contributed by atoms with Gasteiger partial charge in [0, 0.05) is 9.50 Å². The van der Waals surface area contributed by atoms with E-state index in [1.54, 1.807) is 14.2 Å². The van der Waals surface area contributed by atoms with Crippen LogP contribution in [0.2, 0.25) is 5.02 Å². The molecular weight excluding hydrogens is 419 g/mol. The Morgan fingerprint density at radius 2 is 1.62 bits per heavy atom. The molecule has 0 saturated heterocycles. The fourth-order valence-corrected chi connectivity index (χ4v) is 4.03. The minimum absolute atomic E-state index is 0.00498. The molecular formula is C16H15Br2ClO2. The molecule has 21 heavy (non-hydrogen) atoms. The van der Waals surface area contributed by atoms with Gasteiger partial charge in [-0.15, -0.1) is 0 Å². The van der Waals surface area contributed by atoms with Crippen LogP contribution in [0.5, 0.6) is 11.5 Å². The SMILES string of the molecule is COc1cc(Br)c(C(Br)c2cc(Cl)ccc2C)cc1OC. The van der Waals surface area contributed by atoms with E-state index in [2.05, 4.69) is 38.8 Å². The lowest BCUT2D eigenvalue weighted by Crippen LogP contribution is -1.99. The summed E-state index contributed by atoms with van der Waals surface area (Å²) in [6, 6.07) is 9.74. The normalized spacial score (nSPS) is 12.1. The van der Waals surface area contributed by atoms with Gasteiger partial charge in [-0.2, -0.15) is 0 Å². The van der Waals surface area contributed by atoms with Gasteiger partial charge in [0.25, 0.3) is 0 Å². The Hall–Kier alpha value is -0.710. The average Bonchev–Trinajstić information content (AvgIpc) is 2.48. The van der Waals surface area contributed by atoms with Crippen molar-refractivity contribution >= 4 is 43.5 Å². The Labute approximate surface area is 146 Å². The molecule has 0 amide bonds. The first-order valence-electron chi connectivity index (χ1n) is 6.29. The number of alkyl halides is 1. The Bertz CT molecular complexity index is 659. The molecule has 0 N–H and O–H groups in total. The quantitative estimate of drug-likeness (QED) is 0.557. The van der Waals surface area contributed by atoms with E-state index in [0.717, 1.165) is 20.6 Å². The molecule has 0 bridgehead atoms. The molecule has 0 saturated carbocycles. The molecule has 2 rings (SSSR count). The van der Waals surface area contributed by atoms with Gasteiger partial charge >= 0.3 is 0 Å². The summed E-state index contributed by atoms with van der Waals surface area (Å²) >= 11 is 13.5. The van der Waals surface area contributed by atoms with E-state index in [9.17, 15) is 0 Å². The molecule has 112 valence electrons. The van der Waals surface area contributed by atoms with Crippen molar-refractivity contribution in [3.8, 4) is 11.5 Å². The average molecular weight is 435 g/mol. The molecule has 0 fully saturated rings. The summed E-state index contributed by atoms with van der Waals surface area (Å²) in [6.45, 7) is 2.06. The molecule has 2 nitrogen and oxygen atoms in total. The van der Waals surface area contributed by atoms with E-state index in [4.69, 9.17) is 21.1 Å². The maximum absolute atomic E-state index is 6.12. The van der Waals surface area contributed by atoms with Crippen molar-refractivity contribution in [3.63, 3.8) is 0 Å². The largest absolute Gasteiger partial charge is 0.493 e. The van der Waals surface area contributed by atoms with Crippen LogP contribution in [-0.4, -0.2) is 14.2 Å². The summed E-state index contributed by atoms with van der Waals surface area (Å²) in [5.74, 6) is 1.38. The van der Waals surface area contributed by atoms with Crippen molar-refractivity contribution in [2.45, 2.75) is 11.8 Å². The lowest BCUT2D eigenvalue weighted by Gasteiger charge is -2.18. The van der Waals surface area contributed by atoms with Gasteiger partial charge in [-0.05, 0) is 47.9 Å². The van der Waals surface area contributed by atoms with Crippen LogP contribution in [0, 0.1) is 6.92 Å². The number of hydrogen-bond acceptors (Lipinski definition) is 2. The predicted molar refractivity (Wildman–Crippen MR) is 94.2 cm³/mol. The van der Waals surface area contributed by atoms with Gasteiger partial charge in [-0.25, -0.2) is 0 Å². The van der Waals surface area contributed by atoms with Gasteiger partial charge in [0.15, 0.2) is 11.5 Å². The topological polar surface area (TPSA) is 18.5 Å². The first-order valence-corrected chi connectivity index (χ1v) is 8.38. The summed E-state index contributed by atoms with van der Waals surface area (Å²) in [5.41, 5.74) is 3.34. The molecule has 1 atom stereocenters. The highest BCUT2D eigenvalue weighted by Crippen LogP contribution is 2.42. The number of rotatable bonds is 4. The summed E-state index contributed by atoms with van der Waals surface area (Å²) < 4.78 is 11.6. The van der Waals surface area contributed by atoms with Crippen LogP contribution in [0.3, 0.4) is 0 Å². The van der Waals surface area contributed by atoms with Gasteiger partial charge in [0.2, 0.25) is 0 Å². The van der Waals surface area contributed by atoms with Crippen molar-refractivity contribution < 1.29 is 9.47 Å². The zero-order valence-electron chi connectivity index (χ0n) is 11.9. The molecule has 0 aliphatic heterocycles. The van der Waals surface area contributed by atoms with Crippen LogP contribution in [0.4, 0.5) is 0 Å². The first-order chi connectivity index (χ1) is 9.97. The van der Waals surface area contributed by atoms with Crippen LogP contribution in [0.15, 0.2) is 34.8 Å². The molecule has 1 unspecified atom stereocenters. The van der Waals surface area contributed by atoms with Crippen LogP contribution >= 0.6 is 43.5 Å². The Balaban J connectivity index is 2.52. The summed E-state index contributed by atoms with van der Waals surface area (Å²) in [6.07, 6.45) is 0. The van der Waals surface area contributed by atoms with Crippen molar-refractivity contribution in [2.75, 3.05) is 14.2 Å². The molecule has 2 aromatic carbocycles. The van der Waals surface area contributed by atoms with Gasteiger partial charge in [-0.1, -0.05) is 49.5 Å². The summed E-state index contributed by atoms with van der Waals surface area (Å²) in [7, 11) is 3.25. The van der Waals surface area contributed by atoms with Crippen LogP contribution in [-0.2, 0) is 0 Å². The maximum Gasteiger partial charge on any atom is 0.161 e. The van der Waals surface area contributed by atoms with Crippen molar-refractivity contribution in [1.29, 1.82) is 0 Å². The number of halogens is 3. The van der Waals surface area contributed by atoms with Crippen molar-refractivity contribution in [2.24, 2.45) is 0 Å². The molecule has 0 aliphatic rings. The number of benzene rings is 2. The first kappa shape index (κ1) is 16.7. The molecule has 0 aliphatic carbocycles. The second kappa shape index (κ2) is 7.03. The summed E-state index contributed by atoms with van der Waals surface area (Å²) in [4.78, 5) is 0.00498. The predicted octanol–water partition coefficient (Wildman–Crippen LogP) is 5.91. The Kier molecular flexibility index (Phi) is 5.58. The number of aryl methyl sites for hydroxylation is 1. The van der Waals surface area contributed by atoms with Crippen molar-refractivity contribution in [1.82, 2.24) is 0 Å². The fourth-order valence-electron chi connectivity index (χ4n) is 2.12. The Morgan fingerprint density at radius 3 is 2.24 bits per heavy atom. The highest BCUT2D eigenvalue weighted by molar-refractivity contribution is 9.11. The monoisotopic (exact) mass is 432 g/mol. The lowest BCUT2D eigenvalue weighted by atomic mass is 10.00. The lowest BCUT2D eigenvalue weighted by molar-refractivity contribution is 0.354. The zero-order valence-corrected chi connectivity index (χ0v) is 15.8. The molecule has 0 radical (unpaired) electrons. The van der Waals surface area contributed by atoms with E-state index < -0.39 is 0 Å². The van der Waals surface area contributed by atoms with Gasteiger partial charge in [0.05, 0.1) is 19.0 Å². The van der Waals surface area contributed by atoms with Crippen molar-refractivity contribution in [3.05, 3.63) is 56.5 Å². The van der Waals surface area contributed by atoms with E-state index in [1.165, 1.54) is 5.56 Å². The van der Waals surface area contributed by atoms with Gasteiger partial charge in [-0.3, -0.25) is 0 Å². The van der Waals surface area contributed by atoms with E-state index in [0.29, 0.717) is 11.5 Å². The maximum atomic E-state index is 6.12. The molecule has 0 heterocycles. The van der Waals surface area contributed by atoms with E-state index in [-0.39, 0.29) is 4.83 Å². The third-order valence-corrected chi connectivity index (χ3v) is 5.20. The van der Waals surface area contributed by atoms with E-state index >= 15 is 0 Å². The number of ether oxygens (including phenoxy) is 2. The third-order valence-electron chi connectivity index (χ3n) is 3.29. The molecule has 0 spiro atoms. The second-order valence-electron chi connectivity index (χ2n) is 4.59. The fraction of sp³-hybridized carbons (Fsp3) is 0.250.